The third-order valence-corrected chi connectivity index (χ3v) is 2.89. The van der Waals surface area contributed by atoms with Crippen molar-refractivity contribution in [2.45, 2.75) is 51.4 Å². The Morgan fingerprint density at radius 1 is 1.47 bits per heavy atom. The molecule has 3 nitrogen and oxygen atoms in total. The molecule has 1 saturated heterocycles. The number of hydrogen-bond acceptors (Lipinski definition) is 3. The average molecular weight is 214 g/mol. The van der Waals surface area contributed by atoms with Crippen LogP contribution in [0, 0.1) is 0 Å². The van der Waals surface area contributed by atoms with Crippen molar-refractivity contribution >= 4 is 0 Å². The van der Waals surface area contributed by atoms with E-state index in [9.17, 15) is 0 Å². The van der Waals surface area contributed by atoms with Crippen LogP contribution < -0.4 is 5.32 Å². The first-order valence-corrected chi connectivity index (χ1v) is 5.95. The van der Waals surface area contributed by atoms with Crippen LogP contribution in [0.4, 0.5) is 0 Å². The van der Waals surface area contributed by atoms with Gasteiger partial charge in [0.15, 0.2) is 0 Å². The maximum Gasteiger partial charge on any atom is 0.0707 e. The van der Waals surface area contributed by atoms with Gasteiger partial charge in [0.2, 0.25) is 0 Å². The van der Waals surface area contributed by atoms with Crippen LogP contribution in [-0.4, -0.2) is 49.8 Å². The SMILES string of the molecule is CC(CN(C)C)NCC1CCC(C)(C)O1. The molecule has 2 unspecified atom stereocenters. The zero-order valence-corrected chi connectivity index (χ0v) is 10.8. The summed E-state index contributed by atoms with van der Waals surface area (Å²) in [4.78, 5) is 2.21. The minimum atomic E-state index is 0.0944. The Balaban J connectivity index is 2.15. The highest BCUT2D eigenvalue weighted by Crippen LogP contribution is 2.28. The van der Waals surface area contributed by atoms with Crippen LogP contribution >= 0.6 is 0 Å². The van der Waals surface area contributed by atoms with E-state index in [0.29, 0.717) is 12.1 Å². The molecule has 0 aromatic rings. The van der Waals surface area contributed by atoms with Gasteiger partial charge in [-0.1, -0.05) is 0 Å². The van der Waals surface area contributed by atoms with Crippen LogP contribution in [-0.2, 0) is 4.74 Å². The molecule has 1 N–H and O–H groups in total. The second kappa shape index (κ2) is 5.28. The molecule has 0 radical (unpaired) electrons. The maximum atomic E-state index is 5.93. The first-order chi connectivity index (χ1) is 6.89. The van der Waals surface area contributed by atoms with Crippen molar-refractivity contribution in [3.05, 3.63) is 0 Å². The van der Waals surface area contributed by atoms with E-state index in [1.165, 1.54) is 12.8 Å². The molecule has 0 saturated carbocycles. The quantitative estimate of drug-likeness (QED) is 0.750. The summed E-state index contributed by atoms with van der Waals surface area (Å²) in [5.41, 5.74) is 0.0944. The van der Waals surface area contributed by atoms with E-state index in [2.05, 4.69) is 45.1 Å². The van der Waals surface area contributed by atoms with Gasteiger partial charge in [-0.25, -0.2) is 0 Å². The molecule has 1 rings (SSSR count). The first kappa shape index (κ1) is 12.9. The van der Waals surface area contributed by atoms with E-state index < -0.39 is 0 Å². The van der Waals surface area contributed by atoms with Crippen molar-refractivity contribution in [2.75, 3.05) is 27.2 Å². The minimum Gasteiger partial charge on any atom is -0.371 e. The maximum absolute atomic E-state index is 5.93. The van der Waals surface area contributed by atoms with E-state index in [1.54, 1.807) is 0 Å². The average Bonchev–Trinajstić information content (AvgIpc) is 2.41. The molecule has 0 amide bonds. The van der Waals surface area contributed by atoms with Crippen molar-refractivity contribution in [2.24, 2.45) is 0 Å². The molecule has 1 fully saturated rings. The summed E-state index contributed by atoms with van der Waals surface area (Å²) in [6.45, 7) is 8.64. The van der Waals surface area contributed by atoms with Gasteiger partial charge >= 0.3 is 0 Å². The molecule has 0 aromatic heterocycles. The third-order valence-electron chi connectivity index (χ3n) is 2.89. The fraction of sp³-hybridized carbons (Fsp3) is 1.00. The summed E-state index contributed by atoms with van der Waals surface area (Å²) in [5.74, 6) is 0. The topological polar surface area (TPSA) is 24.5 Å². The standard InChI is InChI=1S/C12H26N2O/c1-10(9-14(4)5)13-8-11-6-7-12(2,3)15-11/h10-11,13H,6-9H2,1-5H3. The van der Waals surface area contributed by atoms with Crippen LogP contribution in [0.2, 0.25) is 0 Å². The van der Waals surface area contributed by atoms with Crippen LogP contribution in [0.25, 0.3) is 0 Å². The zero-order valence-electron chi connectivity index (χ0n) is 10.8. The van der Waals surface area contributed by atoms with Crippen molar-refractivity contribution in [3.63, 3.8) is 0 Å². The fourth-order valence-electron chi connectivity index (χ4n) is 2.17. The van der Waals surface area contributed by atoms with Gasteiger partial charge < -0.3 is 15.0 Å². The minimum absolute atomic E-state index is 0.0944. The second-order valence-corrected chi connectivity index (χ2v) is 5.61. The Morgan fingerprint density at radius 3 is 2.60 bits per heavy atom. The van der Waals surface area contributed by atoms with Gasteiger partial charge in [-0.2, -0.15) is 0 Å². The summed E-state index contributed by atoms with van der Waals surface area (Å²) >= 11 is 0. The molecule has 1 heterocycles. The first-order valence-electron chi connectivity index (χ1n) is 5.95. The summed E-state index contributed by atoms with van der Waals surface area (Å²) in [6, 6.07) is 0.535. The number of likely N-dealkylation sites (N-methyl/N-ethyl adjacent to an activating group) is 1. The van der Waals surface area contributed by atoms with E-state index in [-0.39, 0.29) is 5.60 Å². The fourth-order valence-corrected chi connectivity index (χ4v) is 2.17. The van der Waals surface area contributed by atoms with Crippen LogP contribution in [0.15, 0.2) is 0 Å². The van der Waals surface area contributed by atoms with Gasteiger partial charge in [-0.3, -0.25) is 0 Å². The predicted octanol–water partition coefficient (Wildman–Crippen LogP) is 1.48. The van der Waals surface area contributed by atoms with Crippen LogP contribution in [0.3, 0.4) is 0 Å². The van der Waals surface area contributed by atoms with E-state index in [0.717, 1.165) is 13.1 Å². The highest BCUT2D eigenvalue weighted by molar-refractivity contribution is 4.82. The molecular weight excluding hydrogens is 188 g/mol. The lowest BCUT2D eigenvalue weighted by Crippen LogP contribution is -2.40. The van der Waals surface area contributed by atoms with Crippen molar-refractivity contribution in [1.29, 1.82) is 0 Å². The highest BCUT2D eigenvalue weighted by atomic mass is 16.5. The molecule has 0 aliphatic carbocycles. The number of nitrogens with zero attached hydrogens (tertiary/aromatic N) is 1. The third kappa shape index (κ3) is 4.96. The lowest BCUT2D eigenvalue weighted by Gasteiger charge is -2.22. The molecule has 0 aromatic carbocycles. The molecule has 0 spiro atoms. The van der Waals surface area contributed by atoms with Crippen molar-refractivity contribution in [1.82, 2.24) is 10.2 Å². The van der Waals surface area contributed by atoms with Crippen LogP contribution in [0.1, 0.15) is 33.6 Å². The Bertz CT molecular complexity index is 192. The monoisotopic (exact) mass is 214 g/mol. The zero-order chi connectivity index (χ0) is 11.5. The Hall–Kier alpha value is -0.120. The summed E-state index contributed by atoms with van der Waals surface area (Å²) in [7, 11) is 4.21. The summed E-state index contributed by atoms with van der Waals surface area (Å²) in [6.07, 6.45) is 2.78. The molecule has 2 atom stereocenters. The smallest absolute Gasteiger partial charge is 0.0707 e. The molecule has 3 heteroatoms. The van der Waals surface area contributed by atoms with E-state index >= 15 is 0 Å². The molecule has 15 heavy (non-hydrogen) atoms. The molecule has 1 aliphatic heterocycles. The number of ether oxygens (including phenoxy) is 1. The van der Waals surface area contributed by atoms with Gasteiger partial charge in [0, 0.05) is 19.1 Å². The number of hydrogen-bond donors (Lipinski definition) is 1. The van der Waals surface area contributed by atoms with Gasteiger partial charge in [0.05, 0.1) is 11.7 Å². The van der Waals surface area contributed by atoms with Crippen molar-refractivity contribution < 1.29 is 4.74 Å². The van der Waals surface area contributed by atoms with E-state index in [4.69, 9.17) is 4.74 Å². The highest BCUT2D eigenvalue weighted by Gasteiger charge is 2.31. The van der Waals surface area contributed by atoms with Gasteiger partial charge in [0.1, 0.15) is 0 Å². The molecule has 90 valence electrons. The Kier molecular flexibility index (Phi) is 4.56. The largest absolute Gasteiger partial charge is 0.371 e. The van der Waals surface area contributed by atoms with Gasteiger partial charge in [0.25, 0.3) is 0 Å². The predicted molar refractivity (Wildman–Crippen MR) is 64.2 cm³/mol. The van der Waals surface area contributed by atoms with Gasteiger partial charge in [-0.05, 0) is 47.7 Å². The Morgan fingerprint density at radius 2 is 2.13 bits per heavy atom. The van der Waals surface area contributed by atoms with E-state index in [1.807, 2.05) is 0 Å². The van der Waals surface area contributed by atoms with Gasteiger partial charge in [-0.15, -0.1) is 0 Å². The molecule has 1 aliphatic rings. The van der Waals surface area contributed by atoms with Crippen LogP contribution in [0.5, 0.6) is 0 Å². The number of nitrogens with one attached hydrogen (secondary N) is 1. The lowest BCUT2D eigenvalue weighted by molar-refractivity contribution is -0.0151. The second-order valence-electron chi connectivity index (χ2n) is 5.61. The molecular formula is C12H26N2O. The lowest BCUT2D eigenvalue weighted by atomic mass is 10.1. The normalized spacial score (nSPS) is 27.2. The summed E-state index contributed by atoms with van der Waals surface area (Å²) in [5, 5.41) is 3.53. The number of rotatable bonds is 5. The molecule has 0 bridgehead atoms. The Labute approximate surface area is 94.2 Å². The van der Waals surface area contributed by atoms with Crippen molar-refractivity contribution in [3.8, 4) is 0 Å². The summed E-state index contributed by atoms with van der Waals surface area (Å²) < 4.78 is 5.93.